The van der Waals surface area contributed by atoms with Crippen LogP contribution < -0.4 is 4.74 Å². The van der Waals surface area contributed by atoms with Gasteiger partial charge in [-0.1, -0.05) is 48.8 Å². The van der Waals surface area contributed by atoms with Crippen LogP contribution in [0.1, 0.15) is 11.3 Å². The Hall–Kier alpha value is -2.31. The van der Waals surface area contributed by atoms with Crippen molar-refractivity contribution < 1.29 is 13.9 Å². The molecule has 0 spiro atoms. The summed E-state index contributed by atoms with van der Waals surface area (Å²) < 4.78 is 11.3. The summed E-state index contributed by atoms with van der Waals surface area (Å²) in [4.78, 5) is 14.7. The number of rotatable bonds is 6. The highest BCUT2D eigenvalue weighted by atomic mass is 32.2. The van der Waals surface area contributed by atoms with Crippen LogP contribution in [0.5, 0.6) is 5.75 Å². The molecule has 2 aromatic rings. The van der Waals surface area contributed by atoms with Crippen LogP contribution in [0.2, 0.25) is 0 Å². The fourth-order valence-electron chi connectivity index (χ4n) is 2.16. The Morgan fingerprint density at radius 3 is 2.75 bits per heavy atom. The van der Waals surface area contributed by atoms with E-state index >= 15 is 0 Å². The maximum Gasteiger partial charge on any atom is 0.266 e. The van der Waals surface area contributed by atoms with E-state index in [9.17, 15) is 4.79 Å². The number of carbonyl (C=O) groups is 1. The van der Waals surface area contributed by atoms with Crippen LogP contribution in [-0.4, -0.2) is 21.7 Å². The minimum atomic E-state index is -0.103. The van der Waals surface area contributed by atoms with Crippen LogP contribution in [0.3, 0.4) is 0 Å². The second-order valence-corrected chi connectivity index (χ2v) is 6.69. The highest BCUT2D eigenvalue weighted by Crippen LogP contribution is 2.33. The SMILES string of the molecule is C=CCOc1ccc(/C=C2/SC(=S)N(Cc3ccco3)C2=O)cc1. The van der Waals surface area contributed by atoms with E-state index in [4.69, 9.17) is 21.4 Å². The highest BCUT2D eigenvalue weighted by Gasteiger charge is 2.32. The minimum Gasteiger partial charge on any atom is -0.490 e. The van der Waals surface area contributed by atoms with Crippen molar-refractivity contribution in [3.8, 4) is 5.75 Å². The maximum atomic E-state index is 12.5. The molecule has 0 saturated carbocycles. The van der Waals surface area contributed by atoms with E-state index in [-0.39, 0.29) is 5.91 Å². The minimum absolute atomic E-state index is 0.103. The topological polar surface area (TPSA) is 42.7 Å². The first kappa shape index (κ1) is 16.5. The summed E-state index contributed by atoms with van der Waals surface area (Å²) in [7, 11) is 0. The van der Waals surface area contributed by atoms with Crippen LogP contribution >= 0.6 is 24.0 Å². The van der Waals surface area contributed by atoms with Gasteiger partial charge in [0, 0.05) is 0 Å². The number of furan rings is 1. The molecule has 0 N–H and O–H groups in total. The number of amides is 1. The van der Waals surface area contributed by atoms with Crippen molar-refractivity contribution in [2.24, 2.45) is 0 Å². The van der Waals surface area contributed by atoms with Gasteiger partial charge in [0.15, 0.2) is 0 Å². The van der Waals surface area contributed by atoms with Crippen LogP contribution in [-0.2, 0) is 11.3 Å². The van der Waals surface area contributed by atoms with Gasteiger partial charge in [-0.15, -0.1) is 0 Å². The third kappa shape index (κ3) is 3.77. The van der Waals surface area contributed by atoms with Crippen molar-refractivity contribution in [2.45, 2.75) is 6.54 Å². The van der Waals surface area contributed by atoms with Crippen molar-refractivity contribution in [1.29, 1.82) is 0 Å². The highest BCUT2D eigenvalue weighted by molar-refractivity contribution is 8.26. The summed E-state index contributed by atoms with van der Waals surface area (Å²) in [5.74, 6) is 1.36. The molecular weight excluding hydrogens is 342 g/mol. The number of carbonyl (C=O) groups excluding carboxylic acids is 1. The first-order valence-corrected chi connectivity index (χ1v) is 8.51. The van der Waals surface area contributed by atoms with Crippen molar-refractivity contribution in [1.82, 2.24) is 4.90 Å². The maximum absolute atomic E-state index is 12.5. The average Bonchev–Trinajstić information content (AvgIpc) is 3.19. The van der Waals surface area contributed by atoms with Crippen LogP contribution in [0.15, 0.2) is 64.6 Å². The van der Waals surface area contributed by atoms with Gasteiger partial charge in [-0.05, 0) is 35.9 Å². The van der Waals surface area contributed by atoms with Gasteiger partial charge in [0.2, 0.25) is 0 Å². The predicted molar refractivity (Wildman–Crippen MR) is 99.6 cm³/mol. The van der Waals surface area contributed by atoms with Gasteiger partial charge >= 0.3 is 0 Å². The molecule has 1 fully saturated rings. The largest absolute Gasteiger partial charge is 0.490 e. The Labute approximate surface area is 149 Å². The Bertz CT molecular complexity index is 779. The molecule has 0 unspecified atom stereocenters. The monoisotopic (exact) mass is 357 g/mol. The molecule has 1 aromatic carbocycles. The summed E-state index contributed by atoms with van der Waals surface area (Å²) in [6.07, 6.45) is 5.11. The molecule has 24 heavy (non-hydrogen) atoms. The molecule has 0 radical (unpaired) electrons. The van der Waals surface area contributed by atoms with E-state index in [0.717, 1.165) is 11.3 Å². The van der Waals surface area contributed by atoms with Gasteiger partial charge in [0.1, 0.15) is 22.4 Å². The molecular formula is C18H15NO3S2. The van der Waals surface area contributed by atoms with Gasteiger partial charge in [0.05, 0.1) is 17.7 Å². The van der Waals surface area contributed by atoms with Crippen LogP contribution in [0.4, 0.5) is 0 Å². The van der Waals surface area contributed by atoms with E-state index in [1.165, 1.54) is 11.8 Å². The van der Waals surface area contributed by atoms with Gasteiger partial charge in [0.25, 0.3) is 5.91 Å². The molecule has 0 atom stereocenters. The van der Waals surface area contributed by atoms with Gasteiger partial charge in [-0.3, -0.25) is 9.69 Å². The third-order valence-electron chi connectivity index (χ3n) is 3.31. The molecule has 0 aliphatic carbocycles. The van der Waals surface area contributed by atoms with Crippen molar-refractivity contribution in [3.63, 3.8) is 0 Å². The number of hydrogen-bond donors (Lipinski definition) is 0. The number of ether oxygens (including phenoxy) is 1. The number of nitrogens with zero attached hydrogens (tertiary/aromatic N) is 1. The van der Waals surface area contributed by atoms with Gasteiger partial charge in [-0.25, -0.2) is 0 Å². The predicted octanol–water partition coefficient (Wildman–Crippen LogP) is 4.25. The molecule has 4 nitrogen and oxygen atoms in total. The Balaban J connectivity index is 1.72. The third-order valence-corrected chi connectivity index (χ3v) is 4.69. The summed E-state index contributed by atoms with van der Waals surface area (Å²) in [6, 6.07) is 11.1. The number of hydrogen-bond acceptors (Lipinski definition) is 5. The summed E-state index contributed by atoms with van der Waals surface area (Å²) in [5, 5.41) is 0. The molecule has 1 aliphatic rings. The standard InChI is InChI=1S/C18H15NO3S2/c1-2-9-21-14-7-5-13(6-8-14)11-16-17(20)19(18(23)24-16)12-15-4-3-10-22-15/h2-8,10-11H,1,9,12H2/b16-11+. The van der Waals surface area contributed by atoms with Crippen LogP contribution in [0.25, 0.3) is 6.08 Å². The fourth-order valence-corrected chi connectivity index (χ4v) is 3.42. The fraction of sp³-hybridized carbons (Fsp3) is 0.111. The molecule has 6 heteroatoms. The normalized spacial score (nSPS) is 16.0. The lowest BCUT2D eigenvalue weighted by Crippen LogP contribution is -2.27. The molecule has 1 saturated heterocycles. The van der Waals surface area contributed by atoms with Crippen molar-refractivity contribution in [2.75, 3.05) is 6.61 Å². The molecule has 3 rings (SSSR count). The molecule has 0 bridgehead atoms. The summed E-state index contributed by atoms with van der Waals surface area (Å²) in [6.45, 7) is 4.43. The zero-order valence-corrected chi connectivity index (χ0v) is 14.4. The van der Waals surface area contributed by atoms with E-state index in [0.29, 0.717) is 28.1 Å². The molecule has 1 aliphatic heterocycles. The smallest absolute Gasteiger partial charge is 0.266 e. The number of benzene rings is 1. The lowest BCUT2D eigenvalue weighted by molar-refractivity contribution is -0.122. The first-order chi connectivity index (χ1) is 11.7. The zero-order chi connectivity index (χ0) is 16.9. The molecule has 122 valence electrons. The summed E-state index contributed by atoms with van der Waals surface area (Å²) in [5.41, 5.74) is 0.916. The Morgan fingerprint density at radius 2 is 2.08 bits per heavy atom. The lowest BCUT2D eigenvalue weighted by atomic mass is 10.2. The second-order valence-electron chi connectivity index (χ2n) is 5.02. The van der Waals surface area contributed by atoms with Crippen LogP contribution in [0, 0.1) is 0 Å². The Morgan fingerprint density at radius 1 is 1.29 bits per heavy atom. The number of thiocarbonyl (C=S) groups is 1. The number of thioether (sulfide) groups is 1. The average molecular weight is 357 g/mol. The van der Waals surface area contributed by atoms with E-state index in [1.54, 1.807) is 23.3 Å². The van der Waals surface area contributed by atoms with Gasteiger partial charge < -0.3 is 9.15 Å². The Kier molecular flexibility index (Phi) is 5.17. The first-order valence-electron chi connectivity index (χ1n) is 7.29. The van der Waals surface area contributed by atoms with Gasteiger partial charge in [-0.2, -0.15) is 0 Å². The van der Waals surface area contributed by atoms with Crippen molar-refractivity contribution >= 4 is 40.3 Å². The molecule has 1 aromatic heterocycles. The summed E-state index contributed by atoms with van der Waals surface area (Å²) >= 11 is 6.61. The van der Waals surface area contributed by atoms with E-state index < -0.39 is 0 Å². The molecule has 2 heterocycles. The second kappa shape index (κ2) is 7.51. The van der Waals surface area contributed by atoms with Crippen molar-refractivity contribution in [3.05, 3.63) is 71.5 Å². The van der Waals surface area contributed by atoms with E-state index in [1.807, 2.05) is 36.4 Å². The van der Waals surface area contributed by atoms with E-state index in [2.05, 4.69) is 6.58 Å². The molecule has 1 amide bonds. The lowest BCUT2D eigenvalue weighted by Gasteiger charge is -2.11. The zero-order valence-electron chi connectivity index (χ0n) is 12.8. The quantitative estimate of drug-likeness (QED) is 0.439.